The lowest BCUT2D eigenvalue weighted by Crippen LogP contribution is -2.41. The number of rotatable bonds is 10. The summed E-state index contributed by atoms with van der Waals surface area (Å²) >= 11 is 0. The van der Waals surface area contributed by atoms with Gasteiger partial charge < -0.3 is 20.8 Å². The molecule has 4 N–H and O–H groups in total. The van der Waals surface area contributed by atoms with Gasteiger partial charge in [0.15, 0.2) is 0 Å². The largest absolute Gasteiger partial charge is 0.481 e. The Morgan fingerprint density at radius 1 is 0.903 bits per heavy atom. The van der Waals surface area contributed by atoms with Crippen LogP contribution in [0.1, 0.15) is 53.2 Å². The van der Waals surface area contributed by atoms with Gasteiger partial charge in [-0.1, -0.05) is 32.0 Å². The van der Waals surface area contributed by atoms with E-state index in [2.05, 4.69) is 10.6 Å². The van der Waals surface area contributed by atoms with Gasteiger partial charge in [0.1, 0.15) is 6.04 Å². The van der Waals surface area contributed by atoms with Gasteiger partial charge in [-0.3, -0.25) is 14.4 Å². The maximum Gasteiger partial charge on any atom is 0.320 e. The zero-order valence-corrected chi connectivity index (χ0v) is 18.3. The van der Waals surface area contributed by atoms with Crippen molar-refractivity contribution in [3.63, 3.8) is 0 Å². The third kappa shape index (κ3) is 7.22. The molecule has 2 unspecified atom stereocenters. The first kappa shape index (κ1) is 24.1. The number of benzene rings is 2. The van der Waals surface area contributed by atoms with Gasteiger partial charge >= 0.3 is 11.9 Å². The van der Waals surface area contributed by atoms with Crippen molar-refractivity contribution in [2.75, 3.05) is 11.9 Å². The summed E-state index contributed by atoms with van der Waals surface area (Å²) in [4.78, 5) is 35.7. The van der Waals surface area contributed by atoms with Crippen molar-refractivity contribution in [2.45, 2.75) is 46.1 Å². The molecule has 0 saturated heterocycles. The molecule has 0 spiro atoms. The van der Waals surface area contributed by atoms with E-state index in [1.54, 1.807) is 24.3 Å². The van der Waals surface area contributed by atoms with Crippen LogP contribution in [0.4, 0.5) is 5.69 Å². The molecule has 2 aromatic rings. The zero-order valence-electron chi connectivity index (χ0n) is 18.3. The van der Waals surface area contributed by atoms with Crippen LogP contribution in [0.2, 0.25) is 0 Å². The number of carboxylic acids is 2. The first-order chi connectivity index (χ1) is 14.6. The lowest BCUT2D eigenvalue weighted by molar-refractivity contribution is -0.142. The third-order valence-electron chi connectivity index (χ3n) is 4.93. The number of carboxylic acid groups (broad SMARTS) is 2. The second-order valence-corrected chi connectivity index (χ2v) is 8.27. The number of hydrogen-bond acceptors (Lipinski definition) is 4. The molecular formula is C24H30N2O5. The Hall–Kier alpha value is -3.19. The normalized spacial score (nSPS) is 12.9. The van der Waals surface area contributed by atoms with Gasteiger partial charge in [0.2, 0.25) is 0 Å². The van der Waals surface area contributed by atoms with E-state index in [1.807, 2.05) is 45.9 Å². The van der Waals surface area contributed by atoms with Gasteiger partial charge in [-0.2, -0.15) is 0 Å². The van der Waals surface area contributed by atoms with Crippen LogP contribution in [-0.4, -0.2) is 40.6 Å². The fourth-order valence-electron chi connectivity index (χ4n) is 3.47. The first-order valence-electron chi connectivity index (χ1n) is 10.3. The van der Waals surface area contributed by atoms with Crippen LogP contribution < -0.4 is 10.6 Å². The molecule has 0 aliphatic rings. The molecule has 7 heteroatoms. The summed E-state index contributed by atoms with van der Waals surface area (Å²) in [6.07, 6.45) is 0.402. The Bertz CT molecular complexity index is 917. The Labute approximate surface area is 182 Å². The minimum atomic E-state index is -1.06. The summed E-state index contributed by atoms with van der Waals surface area (Å²) in [5.41, 5.74) is 3.68. The molecule has 2 atom stereocenters. The van der Waals surface area contributed by atoms with Gasteiger partial charge in [0.05, 0.1) is 5.92 Å². The lowest BCUT2D eigenvalue weighted by Gasteiger charge is -2.20. The predicted molar refractivity (Wildman–Crippen MR) is 120 cm³/mol. The van der Waals surface area contributed by atoms with Crippen molar-refractivity contribution in [3.05, 3.63) is 64.7 Å². The van der Waals surface area contributed by atoms with E-state index in [9.17, 15) is 24.6 Å². The monoisotopic (exact) mass is 426 g/mol. The Morgan fingerprint density at radius 3 is 1.97 bits per heavy atom. The van der Waals surface area contributed by atoms with Gasteiger partial charge in [0.25, 0.3) is 5.91 Å². The van der Waals surface area contributed by atoms with Crippen LogP contribution in [0, 0.1) is 19.8 Å². The number of anilines is 1. The maximum atomic E-state index is 12.5. The number of carbonyl (C=O) groups excluding carboxylic acids is 1. The Kier molecular flexibility index (Phi) is 8.33. The number of nitrogens with one attached hydrogen (secondary N) is 2. The summed E-state index contributed by atoms with van der Waals surface area (Å²) in [5.74, 6) is -3.12. The Balaban J connectivity index is 2.10. The van der Waals surface area contributed by atoms with Crippen molar-refractivity contribution < 1.29 is 24.6 Å². The van der Waals surface area contributed by atoms with Crippen molar-refractivity contribution in [2.24, 2.45) is 5.92 Å². The predicted octanol–water partition coefficient (Wildman–Crippen LogP) is 3.81. The Morgan fingerprint density at radius 2 is 1.48 bits per heavy atom. The smallest absolute Gasteiger partial charge is 0.320 e. The topological polar surface area (TPSA) is 116 Å². The average molecular weight is 427 g/mol. The summed E-state index contributed by atoms with van der Waals surface area (Å²) in [7, 11) is 0. The standard InChI is InChI=1S/C24H30N2O5/c1-14(2)9-21(24(30)31)25-13-20(23(28)29)17-5-7-18(8-6-17)22(27)26-19-11-15(3)10-16(4)12-19/h5-8,10-12,14,20-21,25H,9,13H2,1-4H3,(H,26,27)(H,28,29)(H,30,31). The van der Waals surface area contributed by atoms with Gasteiger partial charge in [-0.25, -0.2) is 0 Å². The van der Waals surface area contributed by atoms with E-state index in [4.69, 9.17) is 0 Å². The van der Waals surface area contributed by atoms with Crippen LogP contribution >= 0.6 is 0 Å². The average Bonchev–Trinajstić information content (AvgIpc) is 2.66. The molecule has 7 nitrogen and oxygen atoms in total. The quantitative estimate of drug-likeness (QED) is 0.459. The van der Waals surface area contributed by atoms with Crippen LogP contribution in [0.3, 0.4) is 0 Å². The molecule has 0 heterocycles. The van der Waals surface area contributed by atoms with Crippen molar-refractivity contribution in [1.82, 2.24) is 5.32 Å². The number of amides is 1. The molecule has 0 saturated carbocycles. The summed E-state index contributed by atoms with van der Waals surface area (Å²) < 4.78 is 0. The van der Waals surface area contributed by atoms with Crippen molar-refractivity contribution in [1.29, 1.82) is 0 Å². The van der Waals surface area contributed by atoms with E-state index >= 15 is 0 Å². The van der Waals surface area contributed by atoms with E-state index in [-0.39, 0.29) is 18.4 Å². The van der Waals surface area contributed by atoms with E-state index in [0.29, 0.717) is 23.2 Å². The molecular weight excluding hydrogens is 396 g/mol. The number of hydrogen-bond donors (Lipinski definition) is 4. The summed E-state index contributed by atoms with van der Waals surface area (Å²) in [6.45, 7) is 7.70. The molecule has 166 valence electrons. The second kappa shape index (κ2) is 10.7. The van der Waals surface area contributed by atoms with Crippen LogP contribution in [-0.2, 0) is 9.59 Å². The minimum Gasteiger partial charge on any atom is -0.481 e. The highest BCUT2D eigenvalue weighted by Gasteiger charge is 2.24. The molecule has 2 aromatic carbocycles. The number of aryl methyl sites for hydroxylation is 2. The number of aliphatic carboxylic acids is 2. The molecule has 31 heavy (non-hydrogen) atoms. The molecule has 0 radical (unpaired) electrons. The highest BCUT2D eigenvalue weighted by atomic mass is 16.4. The zero-order chi connectivity index (χ0) is 23.1. The lowest BCUT2D eigenvalue weighted by atomic mass is 9.96. The number of carbonyl (C=O) groups is 3. The van der Waals surface area contributed by atoms with E-state index in [0.717, 1.165) is 11.1 Å². The van der Waals surface area contributed by atoms with E-state index in [1.165, 1.54) is 0 Å². The molecule has 0 bridgehead atoms. The van der Waals surface area contributed by atoms with Gasteiger partial charge in [-0.15, -0.1) is 0 Å². The second-order valence-electron chi connectivity index (χ2n) is 8.27. The van der Waals surface area contributed by atoms with E-state index < -0.39 is 23.9 Å². The molecule has 0 fully saturated rings. The van der Waals surface area contributed by atoms with Crippen molar-refractivity contribution >= 4 is 23.5 Å². The first-order valence-corrected chi connectivity index (χ1v) is 10.3. The molecule has 0 aliphatic heterocycles. The molecule has 1 amide bonds. The molecule has 0 aliphatic carbocycles. The fraction of sp³-hybridized carbons (Fsp3) is 0.375. The third-order valence-corrected chi connectivity index (χ3v) is 4.93. The summed E-state index contributed by atoms with van der Waals surface area (Å²) in [6, 6.07) is 11.3. The minimum absolute atomic E-state index is 0.0207. The van der Waals surface area contributed by atoms with Crippen LogP contribution in [0.5, 0.6) is 0 Å². The van der Waals surface area contributed by atoms with Crippen LogP contribution in [0.15, 0.2) is 42.5 Å². The van der Waals surface area contributed by atoms with Gasteiger partial charge in [0, 0.05) is 17.8 Å². The van der Waals surface area contributed by atoms with Crippen LogP contribution in [0.25, 0.3) is 0 Å². The summed E-state index contributed by atoms with van der Waals surface area (Å²) in [5, 5.41) is 24.7. The maximum absolute atomic E-state index is 12.5. The van der Waals surface area contributed by atoms with Gasteiger partial charge in [-0.05, 0) is 67.1 Å². The highest BCUT2D eigenvalue weighted by Crippen LogP contribution is 2.19. The molecule has 2 rings (SSSR count). The highest BCUT2D eigenvalue weighted by molar-refractivity contribution is 6.04. The molecule has 0 aromatic heterocycles. The van der Waals surface area contributed by atoms with Crippen molar-refractivity contribution in [3.8, 4) is 0 Å². The SMILES string of the molecule is Cc1cc(C)cc(NC(=O)c2ccc(C(CNC(CC(C)C)C(=O)O)C(=O)O)cc2)c1. The fourth-order valence-corrected chi connectivity index (χ4v) is 3.47.